The van der Waals surface area contributed by atoms with Crippen LogP contribution in [0.5, 0.6) is 0 Å². The Morgan fingerprint density at radius 2 is 1.88 bits per heavy atom. The third kappa shape index (κ3) is 1.82. The molecule has 0 aliphatic rings. The summed E-state index contributed by atoms with van der Waals surface area (Å²) >= 11 is 3.27. The molecule has 0 fully saturated rings. The minimum Gasteiger partial charge on any atom is -0.216 e. The van der Waals surface area contributed by atoms with Crippen LogP contribution in [0.15, 0.2) is 41.1 Å². The van der Waals surface area contributed by atoms with Crippen LogP contribution < -0.4 is 0 Å². The summed E-state index contributed by atoms with van der Waals surface area (Å²) in [5.41, 5.74) is 3.02. The van der Waals surface area contributed by atoms with Crippen LogP contribution in [-0.4, -0.2) is 19.6 Å². The summed E-state index contributed by atoms with van der Waals surface area (Å²) in [4.78, 5) is 8.56. The largest absolute Gasteiger partial charge is 0.253 e. The van der Waals surface area contributed by atoms with Crippen molar-refractivity contribution in [3.8, 4) is 11.3 Å². The number of aromatic nitrogens is 4. The summed E-state index contributed by atoms with van der Waals surface area (Å²) in [5, 5.41) is 4.29. The highest BCUT2D eigenvalue weighted by Crippen LogP contribution is 2.20. The van der Waals surface area contributed by atoms with Gasteiger partial charge in [0.05, 0.1) is 5.69 Å². The van der Waals surface area contributed by atoms with Crippen LogP contribution in [0.25, 0.3) is 17.0 Å². The molecule has 3 rings (SSSR count). The molecule has 0 amide bonds. The van der Waals surface area contributed by atoms with E-state index in [2.05, 4.69) is 31.0 Å². The minimum atomic E-state index is 0.549. The average Bonchev–Trinajstić information content (AvgIpc) is 2.69. The van der Waals surface area contributed by atoms with Crippen molar-refractivity contribution in [1.82, 2.24) is 19.6 Å². The van der Waals surface area contributed by atoms with Crippen LogP contribution in [0, 0.1) is 6.92 Å². The predicted molar refractivity (Wildman–Crippen MR) is 68.7 cm³/mol. The number of hydrogen-bond donors (Lipinski definition) is 0. The lowest BCUT2D eigenvalue weighted by Gasteiger charge is -2.04. The lowest BCUT2D eigenvalue weighted by molar-refractivity contribution is 0.927. The predicted octanol–water partition coefficient (Wildman–Crippen LogP) is 2.86. The van der Waals surface area contributed by atoms with Gasteiger partial charge in [-0.25, -0.2) is 4.98 Å². The van der Waals surface area contributed by atoms with E-state index in [1.54, 1.807) is 4.52 Å². The zero-order valence-corrected chi connectivity index (χ0v) is 10.7. The maximum Gasteiger partial charge on any atom is 0.253 e. The van der Waals surface area contributed by atoms with E-state index < -0.39 is 0 Å². The maximum absolute atomic E-state index is 4.34. The van der Waals surface area contributed by atoms with Crippen molar-refractivity contribution in [2.75, 3.05) is 0 Å². The summed E-state index contributed by atoms with van der Waals surface area (Å²) in [7, 11) is 0. The third-order valence-electron chi connectivity index (χ3n) is 2.48. The van der Waals surface area contributed by atoms with E-state index in [1.807, 2.05) is 43.3 Å². The first-order valence-corrected chi connectivity index (χ1v) is 5.99. The topological polar surface area (TPSA) is 43.1 Å². The van der Waals surface area contributed by atoms with Crippen molar-refractivity contribution in [3.63, 3.8) is 0 Å². The first-order valence-electron chi connectivity index (χ1n) is 5.19. The normalized spacial score (nSPS) is 10.9. The molecule has 0 aliphatic carbocycles. The quantitative estimate of drug-likeness (QED) is 0.692. The fraction of sp³-hybridized carbons (Fsp3) is 0.0833. The van der Waals surface area contributed by atoms with Crippen molar-refractivity contribution in [1.29, 1.82) is 0 Å². The highest BCUT2D eigenvalue weighted by atomic mass is 79.9. The number of hydrogen-bond acceptors (Lipinski definition) is 3. The summed E-state index contributed by atoms with van der Waals surface area (Å²) in [6.07, 6.45) is 0. The molecule has 0 saturated heterocycles. The van der Waals surface area contributed by atoms with E-state index in [9.17, 15) is 0 Å². The number of aryl methyl sites for hydroxylation is 1. The Morgan fingerprint density at radius 1 is 1.12 bits per heavy atom. The molecule has 2 aromatic heterocycles. The number of nitrogens with zero attached hydrogens (tertiary/aromatic N) is 4. The van der Waals surface area contributed by atoms with E-state index in [0.717, 1.165) is 17.0 Å². The van der Waals surface area contributed by atoms with Gasteiger partial charge in [-0.3, -0.25) is 0 Å². The van der Waals surface area contributed by atoms with E-state index in [-0.39, 0.29) is 0 Å². The van der Waals surface area contributed by atoms with E-state index in [0.29, 0.717) is 10.5 Å². The third-order valence-corrected chi connectivity index (χ3v) is 2.82. The van der Waals surface area contributed by atoms with Gasteiger partial charge in [0.1, 0.15) is 0 Å². The van der Waals surface area contributed by atoms with Crippen molar-refractivity contribution >= 4 is 21.7 Å². The number of halogens is 1. The van der Waals surface area contributed by atoms with Crippen molar-refractivity contribution < 1.29 is 0 Å². The Hall–Kier alpha value is -1.75. The molecule has 4 nitrogen and oxygen atoms in total. The van der Waals surface area contributed by atoms with Gasteiger partial charge in [-0.1, -0.05) is 30.3 Å². The summed E-state index contributed by atoms with van der Waals surface area (Å²) in [6.45, 7) is 1.95. The van der Waals surface area contributed by atoms with Gasteiger partial charge in [-0.05, 0) is 28.9 Å². The van der Waals surface area contributed by atoms with Gasteiger partial charge in [0, 0.05) is 11.3 Å². The van der Waals surface area contributed by atoms with Crippen molar-refractivity contribution in [2.45, 2.75) is 6.92 Å². The molecular weight excluding hydrogens is 280 g/mol. The van der Waals surface area contributed by atoms with Gasteiger partial charge in [0.15, 0.2) is 0 Å². The summed E-state index contributed by atoms with van der Waals surface area (Å²) < 4.78 is 2.29. The number of fused-ring (bicyclic) bond motifs is 1. The van der Waals surface area contributed by atoms with Crippen LogP contribution >= 0.6 is 15.9 Å². The zero-order valence-electron chi connectivity index (χ0n) is 9.13. The van der Waals surface area contributed by atoms with Crippen LogP contribution in [0.4, 0.5) is 0 Å². The second-order valence-electron chi connectivity index (χ2n) is 3.74. The Labute approximate surface area is 106 Å². The molecule has 0 spiro atoms. The first kappa shape index (κ1) is 10.4. The highest BCUT2D eigenvalue weighted by molar-refractivity contribution is 9.10. The number of rotatable bonds is 1. The lowest BCUT2D eigenvalue weighted by atomic mass is 10.1. The smallest absolute Gasteiger partial charge is 0.216 e. The minimum absolute atomic E-state index is 0.549. The Bertz CT molecular complexity index is 676. The van der Waals surface area contributed by atoms with Crippen molar-refractivity contribution in [2.24, 2.45) is 0 Å². The molecule has 0 radical (unpaired) electrons. The molecule has 0 N–H and O–H groups in total. The molecule has 17 heavy (non-hydrogen) atoms. The van der Waals surface area contributed by atoms with Crippen LogP contribution in [-0.2, 0) is 0 Å². The van der Waals surface area contributed by atoms with Crippen LogP contribution in [0.1, 0.15) is 5.69 Å². The zero-order chi connectivity index (χ0) is 11.8. The monoisotopic (exact) mass is 288 g/mol. The molecule has 0 saturated carbocycles. The van der Waals surface area contributed by atoms with Crippen LogP contribution in [0.3, 0.4) is 0 Å². The Morgan fingerprint density at radius 3 is 2.65 bits per heavy atom. The highest BCUT2D eigenvalue weighted by Gasteiger charge is 2.09. The summed E-state index contributed by atoms with van der Waals surface area (Å²) in [5.74, 6) is 0.607. The molecule has 0 unspecified atom stereocenters. The van der Waals surface area contributed by atoms with E-state index in [4.69, 9.17) is 0 Å². The van der Waals surface area contributed by atoms with Gasteiger partial charge in [0.25, 0.3) is 5.78 Å². The fourth-order valence-corrected chi connectivity index (χ4v) is 2.09. The van der Waals surface area contributed by atoms with Gasteiger partial charge >= 0.3 is 0 Å². The molecule has 0 atom stereocenters. The Kier molecular flexibility index (Phi) is 2.40. The molecule has 1 aromatic carbocycles. The summed E-state index contributed by atoms with van der Waals surface area (Å²) in [6, 6.07) is 12.1. The molecule has 0 aliphatic heterocycles. The van der Waals surface area contributed by atoms with E-state index >= 15 is 0 Å². The van der Waals surface area contributed by atoms with Crippen LogP contribution in [0.2, 0.25) is 0 Å². The molecule has 3 aromatic rings. The van der Waals surface area contributed by atoms with Gasteiger partial charge < -0.3 is 0 Å². The van der Waals surface area contributed by atoms with Gasteiger partial charge in [-0.15, -0.1) is 5.10 Å². The second-order valence-corrected chi connectivity index (χ2v) is 4.45. The van der Waals surface area contributed by atoms with Gasteiger partial charge in [0.2, 0.25) is 4.73 Å². The standard InChI is InChI=1S/C12H9BrN4/c1-8-7-10(9-5-3-2-4-6-9)17-12(14-8)15-11(13)16-17/h2-7H,1H3. The van der Waals surface area contributed by atoms with E-state index in [1.165, 1.54) is 0 Å². The molecule has 0 bridgehead atoms. The van der Waals surface area contributed by atoms with Gasteiger partial charge in [-0.2, -0.15) is 9.50 Å². The SMILES string of the molecule is Cc1cc(-c2ccccc2)n2nc(Br)nc2n1. The number of benzene rings is 1. The van der Waals surface area contributed by atoms with Crippen molar-refractivity contribution in [3.05, 3.63) is 46.8 Å². The molecule has 2 heterocycles. The first-order chi connectivity index (χ1) is 8.24. The maximum atomic E-state index is 4.34. The fourth-order valence-electron chi connectivity index (χ4n) is 1.78. The second kappa shape index (κ2) is 3.92. The Balaban J connectivity index is 2.35. The molecule has 84 valence electrons. The lowest BCUT2D eigenvalue weighted by Crippen LogP contribution is -1.98. The molecule has 5 heteroatoms. The average molecular weight is 289 g/mol. The molecular formula is C12H9BrN4.